The molecule has 1 fully saturated rings. The van der Waals surface area contributed by atoms with Gasteiger partial charge in [0.05, 0.1) is 0 Å². The van der Waals surface area contributed by atoms with Crippen molar-refractivity contribution in [1.82, 2.24) is 5.32 Å². The third-order valence-electron chi connectivity index (χ3n) is 2.89. The summed E-state index contributed by atoms with van der Waals surface area (Å²) < 4.78 is 13.1. The van der Waals surface area contributed by atoms with E-state index in [9.17, 15) is 4.39 Å². The molecule has 2 rings (SSSR count). The molecule has 1 aromatic carbocycles. The Kier molecular flexibility index (Phi) is 3.39. The molecular weight excluding hydrogens is 201 g/mol. The lowest BCUT2D eigenvalue weighted by Gasteiger charge is -2.05. The van der Waals surface area contributed by atoms with Crippen LogP contribution >= 0.6 is 0 Å². The van der Waals surface area contributed by atoms with Crippen LogP contribution in [0, 0.1) is 12.7 Å². The quantitative estimate of drug-likeness (QED) is 0.819. The molecule has 0 atom stereocenters. The fourth-order valence-corrected chi connectivity index (χ4v) is 1.68. The molecule has 1 aromatic rings. The molecule has 0 radical (unpaired) electrons. The van der Waals surface area contributed by atoms with E-state index in [0.29, 0.717) is 0 Å². The minimum absolute atomic E-state index is 0.167. The van der Waals surface area contributed by atoms with Gasteiger partial charge in [0, 0.05) is 12.6 Å². The molecular formula is C14H18FN. The second kappa shape index (κ2) is 4.79. The van der Waals surface area contributed by atoms with Gasteiger partial charge < -0.3 is 5.32 Å². The highest BCUT2D eigenvalue weighted by atomic mass is 19.1. The van der Waals surface area contributed by atoms with Crippen LogP contribution in [0.3, 0.4) is 0 Å². The lowest BCUT2D eigenvalue weighted by molar-refractivity contribution is 0.627. The van der Waals surface area contributed by atoms with Crippen LogP contribution in [0.4, 0.5) is 4.39 Å². The van der Waals surface area contributed by atoms with Gasteiger partial charge in [0.2, 0.25) is 0 Å². The second-order valence-electron chi connectivity index (χ2n) is 4.65. The van der Waals surface area contributed by atoms with Crippen molar-refractivity contribution in [2.45, 2.75) is 32.7 Å². The first-order chi connectivity index (χ1) is 7.65. The van der Waals surface area contributed by atoms with Crippen molar-refractivity contribution >= 4 is 6.08 Å². The summed E-state index contributed by atoms with van der Waals surface area (Å²) in [6.07, 6.45) is 4.66. The summed E-state index contributed by atoms with van der Waals surface area (Å²) in [7, 11) is 0. The number of halogens is 1. The number of nitrogens with one attached hydrogen (secondary N) is 1. The molecule has 1 aliphatic rings. The van der Waals surface area contributed by atoms with Gasteiger partial charge in [0.25, 0.3) is 0 Å². The molecule has 0 bridgehead atoms. The van der Waals surface area contributed by atoms with E-state index in [1.165, 1.54) is 24.5 Å². The average molecular weight is 219 g/mol. The molecule has 2 heteroatoms. The first-order valence-electron chi connectivity index (χ1n) is 5.82. The van der Waals surface area contributed by atoms with Crippen LogP contribution < -0.4 is 5.32 Å². The maximum absolute atomic E-state index is 13.1. The van der Waals surface area contributed by atoms with E-state index in [1.54, 1.807) is 6.07 Å². The highest BCUT2D eigenvalue weighted by Gasteiger charge is 2.19. The van der Waals surface area contributed by atoms with Gasteiger partial charge >= 0.3 is 0 Å². The smallest absolute Gasteiger partial charge is 0.123 e. The Bertz CT molecular complexity index is 405. The van der Waals surface area contributed by atoms with Crippen LogP contribution in [0.1, 0.15) is 30.9 Å². The highest BCUT2D eigenvalue weighted by Crippen LogP contribution is 2.19. The molecule has 1 saturated carbocycles. The lowest BCUT2D eigenvalue weighted by atomic mass is 10.1. The average Bonchev–Trinajstić information content (AvgIpc) is 3.04. The van der Waals surface area contributed by atoms with E-state index < -0.39 is 0 Å². The zero-order valence-electron chi connectivity index (χ0n) is 9.89. The highest BCUT2D eigenvalue weighted by molar-refractivity contribution is 5.56. The van der Waals surface area contributed by atoms with Crippen molar-refractivity contribution in [3.8, 4) is 0 Å². The van der Waals surface area contributed by atoms with Crippen LogP contribution in [0.25, 0.3) is 6.08 Å². The van der Waals surface area contributed by atoms with Crippen LogP contribution in [0.2, 0.25) is 0 Å². The van der Waals surface area contributed by atoms with Gasteiger partial charge in [-0.2, -0.15) is 0 Å². The van der Waals surface area contributed by atoms with Crippen molar-refractivity contribution in [2.75, 3.05) is 6.54 Å². The van der Waals surface area contributed by atoms with E-state index >= 15 is 0 Å². The minimum Gasteiger partial charge on any atom is -0.310 e. The molecule has 1 nitrogen and oxygen atoms in total. The van der Waals surface area contributed by atoms with Crippen LogP contribution in [0.15, 0.2) is 23.8 Å². The van der Waals surface area contributed by atoms with Crippen molar-refractivity contribution in [3.05, 3.63) is 40.7 Å². The standard InChI is InChI=1S/C14H18FN/c1-10(9-16-14-5-6-14)7-12-8-13(15)4-3-11(12)2/h3-4,7-8,14,16H,5-6,9H2,1-2H3/b10-7-. The molecule has 16 heavy (non-hydrogen) atoms. The number of aryl methyl sites for hydroxylation is 1. The number of hydrogen-bond acceptors (Lipinski definition) is 1. The fourth-order valence-electron chi connectivity index (χ4n) is 1.68. The molecule has 0 heterocycles. The maximum atomic E-state index is 13.1. The van der Waals surface area contributed by atoms with Gasteiger partial charge in [-0.25, -0.2) is 4.39 Å². The van der Waals surface area contributed by atoms with Gasteiger partial charge in [0.15, 0.2) is 0 Å². The van der Waals surface area contributed by atoms with E-state index in [0.717, 1.165) is 23.7 Å². The predicted molar refractivity (Wildman–Crippen MR) is 65.8 cm³/mol. The zero-order chi connectivity index (χ0) is 11.5. The van der Waals surface area contributed by atoms with Crippen molar-refractivity contribution < 1.29 is 4.39 Å². The van der Waals surface area contributed by atoms with Crippen LogP contribution in [0.5, 0.6) is 0 Å². The second-order valence-corrected chi connectivity index (χ2v) is 4.65. The fraction of sp³-hybridized carbons (Fsp3) is 0.429. The zero-order valence-corrected chi connectivity index (χ0v) is 9.89. The summed E-state index contributed by atoms with van der Waals surface area (Å²) >= 11 is 0. The number of benzene rings is 1. The van der Waals surface area contributed by atoms with Crippen molar-refractivity contribution in [1.29, 1.82) is 0 Å². The Hall–Kier alpha value is -1.15. The summed E-state index contributed by atoms with van der Waals surface area (Å²) in [5, 5.41) is 3.45. The predicted octanol–water partition coefficient (Wildman–Crippen LogP) is 3.29. The first-order valence-corrected chi connectivity index (χ1v) is 5.82. The third kappa shape index (κ3) is 3.17. The Balaban J connectivity index is 2.04. The molecule has 0 saturated heterocycles. The Morgan fingerprint density at radius 1 is 1.50 bits per heavy atom. The number of hydrogen-bond donors (Lipinski definition) is 1. The first kappa shape index (κ1) is 11.3. The normalized spacial score (nSPS) is 16.6. The molecule has 86 valence electrons. The van der Waals surface area contributed by atoms with E-state index in [1.807, 2.05) is 13.0 Å². The number of rotatable bonds is 4. The Labute approximate surface area is 96.4 Å². The maximum Gasteiger partial charge on any atom is 0.123 e. The summed E-state index contributed by atoms with van der Waals surface area (Å²) in [5.41, 5.74) is 3.35. The van der Waals surface area contributed by atoms with Crippen molar-refractivity contribution in [3.63, 3.8) is 0 Å². The summed E-state index contributed by atoms with van der Waals surface area (Å²) in [5.74, 6) is -0.167. The Morgan fingerprint density at radius 2 is 2.25 bits per heavy atom. The largest absolute Gasteiger partial charge is 0.310 e. The summed E-state index contributed by atoms with van der Waals surface area (Å²) in [6, 6.07) is 5.64. The van der Waals surface area contributed by atoms with E-state index in [-0.39, 0.29) is 5.82 Å². The van der Waals surface area contributed by atoms with Gasteiger partial charge in [-0.3, -0.25) is 0 Å². The van der Waals surface area contributed by atoms with E-state index in [4.69, 9.17) is 0 Å². The summed E-state index contributed by atoms with van der Waals surface area (Å²) in [4.78, 5) is 0. The molecule has 0 amide bonds. The molecule has 0 aromatic heterocycles. The van der Waals surface area contributed by atoms with Gasteiger partial charge in [-0.15, -0.1) is 0 Å². The Morgan fingerprint density at radius 3 is 2.94 bits per heavy atom. The van der Waals surface area contributed by atoms with Crippen molar-refractivity contribution in [2.24, 2.45) is 0 Å². The van der Waals surface area contributed by atoms with E-state index in [2.05, 4.69) is 18.3 Å². The van der Waals surface area contributed by atoms with Crippen LogP contribution in [-0.2, 0) is 0 Å². The summed E-state index contributed by atoms with van der Waals surface area (Å²) in [6.45, 7) is 4.99. The van der Waals surface area contributed by atoms with Crippen LogP contribution in [-0.4, -0.2) is 12.6 Å². The topological polar surface area (TPSA) is 12.0 Å². The van der Waals surface area contributed by atoms with Gasteiger partial charge in [-0.1, -0.05) is 17.7 Å². The molecule has 0 spiro atoms. The molecule has 1 aliphatic carbocycles. The van der Waals surface area contributed by atoms with Gasteiger partial charge in [0.1, 0.15) is 5.82 Å². The monoisotopic (exact) mass is 219 g/mol. The molecule has 1 N–H and O–H groups in total. The minimum atomic E-state index is -0.167. The molecule has 0 aliphatic heterocycles. The SMILES string of the molecule is C/C(=C/c1cc(F)ccc1C)CNC1CC1. The molecule has 0 unspecified atom stereocenters. The van der Waals surface area contributed by atoms with Gasteiger partial charge in [-0.05, 0) is 49.9 Å². The lowest BCUT2D eigenvalue weighted by Crippen LogP contribution is -2.18. The third-order valence-corrected chi connectivity index (χ3v) is 2.89.